The van der Waals surface area contributed by atoms with Gasteiger partial charge in [0.15, 0.2) is 0 Å². The number of hydrogen-bond donors (Lipinski definition) is 1. The molecular formula is C21H31N3O3. The maximum absolute atomic E-state index is 12.4. The van der Waals surface area contributed by atoms with E-state index in [0.29, 0.717) is 13.0 Å². The topological polar surface area (TPSA) is 61.9 Å². The molecule has 2 amide bonds. The summed E-state index contributed by atoms with van der Waals surface area (Å²) in [6.45, 7) is 3.69. The molecule has 2 heterocycles. The number of likely N-dealkylation sites (tertiary alicyclic amines) is 2. The number of benzene rings is 1. The summed E-state index contributed by atoms with van der Waals surface area (Å²) < 4.78 is 5.43. The zero-order valence-electron chi connectivity index (χ0n) is 16.3. The van der Waals surface area contributed by atoms with E-state index in [1.54, 1.807) is 12.0 Å². The molecule has 0 aromatic heterocycles. The van der Waals surface area contributed by atoms with Crippen LogP contribution < -0.4 is 10.1 Å². The fourth-order valence-electron chi connectivity index (χ4n) is 3.96. The number of carbonyl (C=O) groups is 2. The lowest BCUT2D eigenvalue weighted by atomic mass is 10.0. The zero-order valence-corrected chi connectivity index (χ0v) is 16.3. The Morgan fingerprint density at radius 3 is 2.70 bits per heavy atom. The molecule has 2 fully saturated rings. The van der Waals surface area contributed by atoms with E-state index in [0.717, 1.165) is 57.5 Å². The van der Waals surface area contributed by atoms with Gasteiger partial charge in [-0.25, -0.2) is 0 Å². The minimum absolute atomic E-state index is 0.0200. The number of amides is 2. The van der Waals surface area contributed by atoms with Gasteiger partial charge in [0.2, 0.25) is 11.8 Å². The van der Waals surface area contributed by atoms with Gasteiger partial charge in [0.05, 0.1) is 13.7 Å². The lowest BCUT2D eigenvalue weighted by molar-refractivity contribution is -0.135. The number of rotatable bonds is 6. The van der Waals surface area contributed by atoms with E-state index in [-0.39, 0.29) is 24.4 Å². The minimum atomic E-state index is -0.0200. The van der Waals surface area contributed by atoms with Crippen LogP contribution in [0.4, 0.5) is 0 Å². The molecule has 2 aliphatic rings. The maximum Gasteiger partial charge on any atom is 0.239 e. The molecule has 0 bridgehead atoms. The number of ether oxygens (including phenoxy) is 1. The van der Waals surface area contributed by atoms with E-state index in [1.807, 2.05) is 18.2 Å². The number of hydrogen-bond acceptors (Lipinski definition) is 4. The second kappa shape index (κ2) is 9.74. The first kappa shape index (κ1) is 19.7. The second-order valence-electron chi connectivity index (χ2n) is 7.56. The van der Waals surface area contributed by atoms with E-state index in [4.69, 9.17) is 4.74 Å². The van der Waals surface area contributed by atoms with Gasteiger partial charge >= 0.3 is 0 Å². The average Bonchev–Trinajstić information content (AvgIpc) is 2.88. The maximum atomic E-state index is 12.4. The third-order valence-corrected chi connectivity index (χ3v) is 5.55. The largest absolute Gasteiger partial charge is 0.496 e. The van der Waals surface area contributed by atoms with Crippen molar-refractivity contribution in [2.24, 2.45) is 0 Å². The van der Waals surface area contributed by atoms with E-state index in [1.165, 1.54) is 5.56 Å². The van der Waals surface area contributed by atoms with Crippen molar-refractivity contribution in [3.05, 3.63) is 29.8 Å². The van der Waals surface area contributed by atoms with Crippen LogP contribution in [0.25, 0.3) is 0 Å². The fourth-order valence-corrected chi connectivity index (χ4v) is 3.96. The zero-order chi connectivity index (χ0) is 19.1. The van der Waals surface area contributed by atoms with E-state index in [2.05, 4.69) is 16.3 Å². The van der Waals surface area contributed by atoms with Gasteiger partial charge in [-0.05, 0) is 31.7 Å². The molecule has 1 N–H and O–H groups in total. The summed E-state index contributed by atoms with van der Waals surface area (Å²) in [4.78, 5) is 28.5. The molecule has 3 rings (SSSR count). The first-order valence-electron chi connectivity index (χ1n) is 10.1. The molecule has 6 nitrogen and oxygen atoms in total. The van der Waals surface area contributed by atoms with Crippen molar-refractivity contribution < 1.29 is 14.3 Å². The van der Waals surface area contributed by atoms with Crippen LogP contribution in [0.15, 0.2) is 24.3 Å². The van der Waals surface area contributed by atoms with Crippen molar-refractivity contribution >= 4 is 11.8 Å². The highest BCUT2D eigenvalue weighted by Crippen LogP contribution is 2.21. The molecule has 0 aliphatic carbocycles. The highest BCUT2D eigenvalue weighted by Gasteiger charge is 2.24. The number of methoxy groups -OCH3 is 1. The summed E-state index contributed by atoms with van der Waals surface area (Å²) in [5.41, 5.74) is 1.20. The lowest BCUT2D eigenvalue weighted by Gasteiger charge is -2.33. The molecule has 2 saturated heterocycles. The van der Waals surface area contributed by atoms with Crippen LogP contribution >= 0.6 is 0 Å². The molecule has 0 radical (unpaired) electrons. The smallest absolute Gasteiger partial charge is 0.239 e. The van der Waals surface area contributed by atoms with Crippen LogP contribution in [0.3, 0.4) is 0 Å². The SMILES string of the molecule is COc1ccccc1CN1CCC(NC(=O)CN2CCCCCC2=O)CC1. The summed E-state index contributed by atoms with van der Waals surface area (Å²) in [5, 5.41) is 3.13. The number of nitrogens with zero attached hydrogens (tertiary/aromatic N) is 2. The van der Waals surface area contributed by atoms with Gasteiger partial charge in [-0.3, -0.25) is 14.5 Å². The molecule has 2 aliphatic heterocycles. The van der Waals surface area contributed by atoms with Gasteiger partial charge in [-0.1, -0.05) is 24.6 Å². The predicted molar refractivity (Wildman–Crippen MR) is 104 cm³/mol. The van der Waals surface area contributed by atoms with Crippen LogP contribution in [0.5, 0.6) is 5.75 Å². The Morgan fingerprint density at radius 2 is 1.93 bits per heavy atom. The average molecular weight is 373 g/mol. The number of para-hydroxylation sites is 1. The van der Waals surface area contributed by atoms with E-state index in [9.17, 15) is 9.59 Å². The number of piperidine rings is 1. The summed E-state index contributed by atoms with van der Waals surface area (Å²) >= 11 is 0. The van der Waals surface area contributed by atoms with Gasteiger partial charge in [0.25, 0.3) is 0 Å². The highest BCUT2D eigenvalue weighted by atomic mass is 16.5. The quantitative estimate of drug-likeness (QED) is 0.830. The minimum Gasteiger partial charge on any atom is -0.496 e. The standard InChI is InChI=1S/C21H31N3O3/c1-27-19-8-5-4-7-17(19)15-23-13-10-18(11-14-23)22-20(25)16-24-12-6-2-3-9-21(24)26/h4-5,7-8,18H,2-3,6,9-16H2,1H3,(H,22,25). The molecule has 1 aromatic rings. The normalized spacial score (nSPS) is 19.6. The van der Waals surface area contributed by atoms with Crippen LogP contribution in [0, 0.1) is 0 Å². The second-order valence-corrected chi connectivity index (χ2v) is 7.56. The van der Waals surface area contributed by atoms with Gasteiger partial charge in [0, 0.05) is 44.2 Å². The molecule has 1 aromatic carbocycles. The van der Waals surface area contributed by atoms with E-state index < -0.39 is 0 Å². The fraction of sp³-hybridized carbons (Fsp3) is 0.619. The molecular weight excluding hydrogens is 342 g/mol. The Morgan fingerprint density at radius 1 is 1.15 bits per heavy atom. The van der Waals surface area contributed by atoms with Crippen LogP contribution in [0.1, 0.15) is 44.1 Å². The summed E-state index contributed by atoms with van der Waals surface area (Å²) in [6, 6.07) is 8.32. The van der Waals surface area contributed by atoms with Crippen molar-refractivity contribution in [2.45, 2.75) is 51.1 Å². The highest BCUT2D eigenvalue weighted by molar-refractivity contribution is 5.85. The third kappa shape index (κ3) is 5.70. The molecule has 0 spiro atoms. The van der Waals surface area contributed by atoms with Crippen LogP contribution in [-0.4, -0.2) is 60.9 Å². The lowest BCUT2D eigenvalue weighted by Crippen LogP contribution is -2.48. The molecule has 148 valence electrons. The number of carbonyl (C=O) groups excluding carboxylic acids is 2. The molecule has 6 heteroatoms. The summed E-state index contributed by atoms with van der Waals surface area (Å²) in [6.07, 6.45) is 5.48. The first-order chi connectivity index (χ1) is 13.2. The third-order valence-electron chi connectivity index (χ3n) is 5.55. The first-order valence-corrected chi connectivity index (χ1v) is 10.1. The van der Waals surface area contributed by atoms with Crippen molar-refractivity contribution in [2.75, 3.05) is 33.3 Å². The van der Waals surface area contributed by atoms with Crippen molar-refractivity contribution in [3.8, 4) is 5.75 Å². The van der Waals surface area contributed by atoms with Crippen molar-refractivity contribution in [1.82, 2.24) is 15.1 Å². The van der Waals surface area contributed by atoms with Gasteiger partial charge < -0.3 is 15.0 Å². The van der Waals surface area contributed by atoms with Crippen molar-refractivity contribution in [3.63, 3.8) is 0 Å². The van der Waals surface area contributed by atoms with Crippen LogP contribution in [0.2, 0.25) is 0 Å². The van der Waals surface area contributed by atoms with E-state index >= 15 is 0 Å². The summed E-state index contributed by atoms with van der Waals surface area (Å²) in [5.74, 6) is 1.03. The monoisotopic (exact) mass is 373 g/mol. The molecule has 0 unspecified atom stereocenters. The van der Waals surface area contributed by atoms with Gasteiger partial charge in [-0.2, -0.15) is 0 Å². The van der Waals surface area contributed by atoms with Crippen molar-refractivity contribution in [1.29, 1.82) is 0 Å². The Kier molecular flexibility index (Phi) is 7.10. The predicted octanol–water partition coefficient (Wildman–Crippen LogP) is 2.18. The van der Waals surface area contributed by atoms with Crippen LogP contribution in [-0.2, 0) is 16.1 Å². The Labute approximate surface area is 161 Å². The summed E-state index contributed by atoms with van der Waals surface area (Å²) in [7, 11) is 1.70. The molecule has 0 saturated carbocycles. The molecule has 0 atom stereocenters. The Balaban J connectivity index is 1.42. The van der Waals surface area contributed by atoms with Gasteiger partial charge in [-0.15, -0.1) is 0 Å². The number of nitrogens with one attached hydrogen (secondary N) is 1. The van der Waals surface area contributed by atoms with Gasteiger partial charge in [0.1, 0.15) is 5.75 Å². The Bertz CT molecular complexity index is 641. The Hall–Kier alpha value is -2.08. The molecule has 27 heavy (non-hydrogen) atoms.